The molecule has 0 radical (unpaired) electrons. The average molecular weight is 276 g/mol. The highest BCUT2D eigenvalue weighted by Gasteiger charge is 2.30. The zero-order valence-electron chi connectivity index (χ0n) is 10.6. The number of β-amino-alcohol motifs (C(OH)–C–C–N with tert-alkyl or cyclic N) is 1. The number of nitrogens with zero attached hydrogens (tertiary/aromatic N) is 1. The number of aliphatic hydroxyl groups is 1. The maximum atomic E-state index is 13.3. The SMILES string of the molecule is O=C(C(=O)N1CCC(O)C1)c1c[nH]c2ccc(F)cc12. The molecule has 0 spiro atoms. The second-order valence-corrected chi connectivity index (χ2v) is 4.92. The Bertz CT molecular complexity index is 695. The lowest BCUT2D eigenvalue weighted by atomic mass is 10.1. The van der Waals surface area contributed by atoms with Gasteiger partial charge in [0.15, 0.2) is 0 Å². The Morgan fingerprint density at radius 2 is 2.20 bits per heavy atom. The number of carbonyl (C=O) groups excluding carboxylic acids is 2. The van der Waals surface area contributed by atoms with Crippen molar-refractivity contribution in [1.82, 2.24) is 9.88 Å². The third kappa shape index (κ3) is 2.08. The van der Waals surface area contributed by atoms with E-state index in [0.717, 1.165) is 0 Å². The van der Waals surface area contributed by atoms with Crippen molar-refractivity contribution < 1.29 is 19.1 Å². The van der Waals surface area contributed by atoms with Crippen LogP contribution in [0.5, 0.6) is 0 Å². The fourth-order valence-electron chi connectivity index (χ4n) is 2.47. The average Bonchev–Trinajstić information content (AvgIpc) is 3.03. The fraction of sp³-hybridized carbons (Fsp3) is 0.286. The van der Waals surface area contributed by atoms with Crippen LogP contribution in [0.2, 0.25) is 0 Å². The lowest BCUT2D eigenvalue weighted by Crippen LogP contribution is -2.35. The summed E-state index contributed by atoms with van der Waals surface area (Å²) in [6.45, 7) is 0.531. The molecule has 1 saturated heterocycles. The van der Waals surface area contributed by atoms with Crippen LogP contribution in [0, 0.1) is 5.82 Å². The molecule has 1 atom stereocenters. The summed E-state index contributed by atoms with van der Waals surface area (Å²) >= 11 is 0. The molecule has 104 valence electrons. The Labute approximate surface area is 114 Å². The molecule has 0 saturated carbocycles. The van der Waals surface area contributed by atoms with Crippen molar-refractivity contribution in [1.29, 1.82) is 0 Å². The van der Waals surface area contributed by atoms with Gasteiger partial charge in [-0.05, 0) is 24.6 Å². The van der Waals surface area contributed by atoms with E-state index in [2.05, 4.69) is 4.98 Å². The van der Waals surface area contributed by atoms with Gasteiger partial charge in [0.2, 0.25) is 0 Å². The van der Waals surface area contributed by atoms with Gasteiger partial charge in [-0.25, -0.2) is 4.39 Å². The van der Waals surface area contributed by atoms with Gasteiger partial charge in [-0.1, -0.05) is 0 Å². The van der Waals surface area contributed by atoms with Gasteiger partial charge in [0, 0.05) is 30.2 Å². The Hall–Kier alpha value is -2.21. The number of aromatic nitrogens is 1. The van der Waals surface area contributed by atoms with E-state index in [9.17, 15) is 19.1 Å². The van der Waals surface area contributed by atoms with E-state index in [1.165, 1.54) is 29.3 Å². The molecular weight excluding hydrogens is 263 g/mol. The molecule has 1 amide bonds. The molecule has 2 N–H and O–H groups in total. The number of carbonyl (C=O) groups is 2. The van der Waals surface area contributed by atoms with E-state index in [0.29, 0.717) is 23.9 Å². The molecule has 1 unspecified atom stereocenters. The minimum atomic E-state index is -0.684. The van der Waals surface area contributed by atoms with Crippen LogP contribution in [0.25, 0.3) is 10.9 Å². The zero-order valence-corrected chi connectivity index (χ0v) is 10.6. The van der Waals surface area contributed by atoms with Crippen LogP contribution in [0.1, 0.15) is 16.8 Å². The van der Waals surface area contributed by atoms with Crippen molar-refractivity contribution in [2.75, 3.05) is 13.1 Å². The topological polar surface area (TPSA) is 73.4 Å². The van der Waals surface area contributed by atoms with Crippen LogP contribution in [0.3, 0.4) is 0 Å². The number of H-pyrrole nitrogens is 1. The first-order valence-electron chi connectivity index (χ1n) is 6.34. The first-order chi connectivity index (χ1) is 9.56. The predicted octanol–water partition coefficient (Wildman–Crippen LogP) is 1.08. The van der Waals surface area contributed by atoms with Crippen molar-refractivity contribution in [3.8, 4) is 0 Å². The van der Waals surface area contributed by atoms with E-state index in [4.69, 9.17) is 0 Å². The van der Waals surface area contributed by atoms with Gasteiger partial charge in [-0.3, -0.25) is 9.59 Å². The van der Waals surface area contributed by atoms with Gasteiger partial charge in [0.05, 0.1) is 11.7 Å². The Morgan fingerprint density at radius 1 is 1.40 bits per heavy atom. The number of benzene rings is 1. The summed E-state index contributed by atoms with van der Waals surface area (Å²) in [6.07, 6.45) is 1.31. The molecule has 6 heteroatoms. The third-order valence-electron chi connectivity index (χ3n) is 3.53. The van der Waals surface area contributed by atoms with Crippen LogP contribution in [0.4, 0.5) is 4.39 Å². The maximum absolute atomic E-state index is 13.3. The molecule has 0 bridgehead atoms. The highest BCUT2D eigenvalue weighted by atomic mass is 19.1. The summed E-state index contributed by atoms with van der Waals surface area (Å²) in [4.78, 5) is 28.5. The molecule has 1 aromatic heterocycles. The highest BCUT2D eigenvalue weighted by molar-refractivity contribution is 6.44. The van der Waals surface area contributed by atoms with E-state index in [1.807, 2.05) is 0 Å². The second-order valence-electron chi connectivity index (χ2n) is 4.92. The smallest absolute Gasteiger partial charge is 0.295 e. The molecule has 1 aliphatic heterocycles. The van der Waals surface area contributed by atoms with E-state index < -0.39 is 23.6 Å². The van der Waals surface area contributed by atoms with Gasteiger partial charge in [-0.15, -0.1) is 0 Å². The molecule has 0 aliphatic carbocycles. The number of halogens is 1. The van der Waals surface area contributed by atoms with Crippen molar-refractivity contribution in [2.24, 2.45) is 0 Å². The van der Waals surface area contributed by atoms with Crippen LogP contribution in [-0.2, 0) is 4.79 Å². The fourth-order valence-corrected chi connectivity index (χ4v) is 2.47. The van der Waals surface area contributed by atoms with Gasteiger partial charge in [0.25, 0.3) is 11.7 Å². The van der Waals surface area contributed by atoms with Gasteiger partial charge in [-0.2, -0.15) is 0 Å². The summed E-state index contributed by atoms with van der Waals surface area (Å²) in [7, 11) is 0. The molecule has 1 fully saturated rings. The van der Waals surface area contributed by atoms with E-state index in [-0.39, 0.29) is 12.1 Å². The molecule has 1 aromatic carbocycles. The van der Waals surface area contributed by atoms with Crippen molar-refractivity contribution in [3.63, 3.8) is 0 Å². The number of fused-ring (bicyclic) bond motifs is 1. The Morgan fingerprint density at radius 3 is 2.90 bits per heavy atom. The Balaban J connectivity index is 1.92. The third-order valence-corrected chi connectivity index (χ3v) is 3.53. The summed E-state index contributed by atoms with van der Waals surface area (Å²) in [6, 6.07) is 4.03. The van der Waals surface area contributed by atoms with Crippen molar-refractivity contribution in [3.05, 3.63) is 35.8 Å². The standard InChI is InChI=1S/C14H13FN2O3/c15-8-1-2-12-10(5-8)11(6-16-12)13(19)14(20)17-4-3-9(18)7-17/h1-2,5-6,9,16,18H,3-4,7H2. The number of hydrogen-bond donors (Lipinski definition) is 2. The first kappa shape index (κ1) is 12.8. The van der Waals surface area contributed by atoms with Gasteiger partial charge >= 0.3 is 0 Å². The molecule has 5 nitrogen and oxygen atoms in total. The summed E-state index contributed by atoms with van der Waals surface area (Å²) in [5.41, 5.74) is 0.759. The molecule has 2 heterocycles. The minimum Gasteiger partial charge on any atom is -0.391 e. The quantitative estimate of drug-likeness (QED) is 0.637. The largest absolute Gasteiger partial charge is 0.391 e. The molecule has 1 aliphatic rings. The van der Waals surface area contributed by atoms with Crippen molar-refractivity contribution >= 4 is 22.6 Å². The van der Waals surface area contributed by atoms with Crippen LogP contribution in [0.15, 0.2) is 24.4 Å². The number of likely N-dealkylation sites (tertiary alicyclic amines) is 1. The summed E-state index contributed by atoms with van der Waals surface area (Å²) < 4.78 is 13.3. The zero-order chi connectivity index (χ0) is 14.3. The predicted molar refractivity (Wildman–Crippen MR) is 69.8 cm³/mol. The number of hydrogen-bond acceptors (Lipinski definition) is 3. The number of amides is 1. The maximum Gasteiger partial charge on any atom is 0.295 e. The Kier molecular flexibility index (Phi) is 3.02. The van der Waals surface area contributed by atoms with E-state index in [1.54, 1.807) is 0 Å². The van der Waals surface area contributed by atoms with Gasteiger partial charge in [0.1, 0.15) is 5.82 Å². The first-order valence-corrected chi connectivity index (χ1v) is 6.34. The van der Waals surface area contributed by atoms with E-state index >= 15 is 0 Å². The second kappa shape index (κ2) is 4.72. The molecule has 20 heavy (non-hydrogen) atoms. The number of nitrogens with one attached hydrogen (secondary N) is 1. The number of rotatable bonds is 2. The van der Waals surface area contributed by atoms with Crippen LogP contribution in [-0.4, -0.2) is 45.9 Å². The molecule has 2 aromatic rings. The number of aliphatic hydroxyl groups excluding tert-OH is 1. The van der Waals surface area contributed by atoms with Crippen LogP contribution < -0.4 is 0 Å². The minimum absolute atomic E-state index is 0.158. The lowest BCUT2D eigenvalue weighted by Gasteiger charge is -2.13. The molecule has 3 rings (SSSR count). The van der Waals surface area contributed by atoms with Gasteiger partial charge < -0.3 is 15.0 Å². The van der Waals surface area contributed by atoms with Crippen molar-refractivity contribution in [2.45, 2.75) is 12.5 Å². The molecular formula is C14H13FN2O3. The number of aromatic amines is 1. The number of ketones is 1. The highest BCUT2D eigenvalue weighted by Crippen LogP contribution is 2.21. The number of Topliss-reactive ketones (excluding diaryl/α,β-unsaturated/α-hetero) is 1. The van der Waals surface area contributed by atoms with Crippen LogP contribution >= 0.6 is 0 Å². The summed E-state index contributed by atoms with van der Waals surface area (Å²) in [5, 5.41) is 9.80. The normalized spacial score (nSPS) is 18.7. The monoisotopic (exact) mass is 276 g/mol. The lowest BCUT2D eigenvalue weighted by molar-refractivity contribution is -0.125. The summed E-state index contributed by atoms with van der Waals surface area (Å²) in [5.74, 6) is -1.81.